The molecule has 0 saturated carbocycles. The number of carbonyl (C=O) groups excluding carboxylic acids is 3. The average Bonchev–Trinajstić information content (AvgIpc) is 2.64. The van der Waals surface area contributed by atoms with Gasteiger partial charge in [0, 0.05) is 11.3 Å². The quantitative estimate of drug-likeness (QED) is 0.372. The largest absolute Gasteiger partial charge is 1.00 e. The van der Waals surface area contributed by atoms with Crippen molar-refractivity contribution in [1.82, 2.24) is 10.2 Å². The van der Waals surface area contributed by atoms with Crippen molar-refractivity contribution in [3.63, 3.8) is 0 Å². The first kappa shape index (κ1) is 22.6. The summed E-state index contributed by atoms with van der Waals surface area (Å²) >= 11 is 1.31. The minimum absolute atomic E-state index is 0. The summed E-state index contributed by atoms with van der Waals surface area (Å²) in [5.41, 5.74) is 1.48. The van der Waals surface area contributed by atoms with E-state index in [1.54, 1.807) is 18.2 Å². The number of hydrogen-bond donors (Lipinski definition) is 2. The first-order valence-corrected chi connectivity index (χ1v) is 9.41. The number of aliphatic carboxylic acids is 1. The Morgan fingerprint density at radius 3 is 2.78 bits per heavy atom. The predicted molar refractivity (Wildman–Crippen MR) is 93.9 cm³/mol. The number of nitrogens with one attached hydrogen (secondary N) is 1. The van der Waals surface area contributed by atoms with Crippen LogP contribution >= 0.6 is 11.8 Å². The maximum absolute atomic E-state index is 12.5. The van der Waals surface area contributed by atoms with Crippen LogP contribution in [0.1, 0.15) is 29.3 Å². The monoisotopic (exact) mass is 414 g/mol. The average molecular weight is 415 g/mol. The van der Waals surface area contributed by atoms with E-state index in [0.717, 1.165) is 23.3 Å². The number of aryl methyl sites for hydroxylation is 1. The second-order valence-corrected chi connectivity index (χ2v) is 7.31. The zero-order valence-electron chi connectivity index (χ0n) is 15.2. The Balaban J connectivity index is 0.00000261. The number of carboxylic acid groups (broad SMARTS) is 1. The normalized spacial score (nSPS) is 21.1. The molecule has 2 heterocycles. The van der Waals surface area contributed by atoms with Crippen LogP contribution < -0.4 is 61.8 Å². The van der Waals surface area contributed by atoms with Crippen LogP contribution in [0.4, 0.5) is 0 Å². The van der Waals surface area contributed by atoms with Gasteiger partial charge >= 0.3 is 51.4 Å². The van der Waals surface area contributed by atoms with Crippen molar-refractivity contribution in [3.8, 4) is 0 Å². The van der Waals surface area contributed by atoms with E-state index in [1.807, 2.05) is 6.07 Å². The number of aliphatic hydroxyl groups excluding tert-OH is 1. The Bertz CT molecular complexity index is 798. The molecule has 0 aliphatic carbocycles. The minimum Gasteiger partial charge on any atom is -0.543 e. The van der Waals surface area contributed by atoms with E-state index in [0.29, 0.717) is 5.56 Å². The Morgan fingerprint density at radius 1 is 1.41 bits per heavy atom. The molecular formula is C18H19KN2O5S. The predicted octanol–water partition coefficient (Wildman–Crippen LogP) is -3.35. The third-order valence-electron chi connectivity index (χ3n) is 4.45. The minimum atomic E-state index is -1.50. The maximum atomic E-state index is 12.5. The van der Waals surface area contributed by atoms with Crippen LogP contribution in [0.25, 0.3) is 0 Å². The van der Waals surface area contributed by atoms with Gasteiger partial charge in [-0.3, -0.25) is 14.5 Å². The number of nitrogens with zero attached hydrogens (tertiary/aromatic N) is 1. The number of benzene rings is 1. The summed E-state index contributed by atoms with van der Waals surface area (Å²) in [7, 11) is 0. The SMILES string of the molecule is CCCc1cccc(C(=O)NC2C(=O)N3C(C(=O)[O-])=C(CO)CS[C@H]23)c1.[K+]. The summed E-state index contributed by atoms with van der Waals surface area (Å²) < 4.78 is 0. The number of fused-ring (bicyclic) bond motifs is 1. The Morgan fingerprint density at radius 2 is 2.15 bits per heavy atom. The number of carboxylic acids is 1. The number of aliphatic hydroxyl groups is 1. The van der Waals surface area contributed by atoms with Gasteiger partial charge in [0.2, 0.25) is 0 Å². The van der Waals surface area contributed by atoms with Gasteiger partial charge in [-0.1, -0.05) is 25.5 Å². The van der Waals surface area contributed by atoms with Crippen LogP contribution in [0.2, 0.25) is 0 Å². The van der Waals surface area contributed by atoms with Crippen LogP contribution in [-0.4, -0.2) is 51.6 Å². The molecule has 0 aromatic heterocycles. The molecule has 1 fully saturated rings. The van der Waals surface area contributed by atoms with Gasteiger partial charge in [0.15, 0.2) is 0 Å². The number of amides is 2. The van der Waals surface area contributed by atoms with Crippen LogP contribution in [0, 0.1) is 0 Å². The zero-order chi connectivity index (χ0) is 18.8. The van der Waals surface area contributed by atoms with Crippen molar-refractivity contribution in [2.45, 2.75) is 31.2 Å². The van der Waals surface area contributed by atoms with Gasteiger partial charge < -0.3 is 20.3 Å². The molecule has 1 aromatic rings. The number of carbonyl (C=O) groups is 3. The second kappa shape index (κ2) is 9.68. The fourth-order valence-corrected chi connectivity index (χ4v) is 4.51. The molecule has 2 aliphatic heterocycles. The first-order chi connectivity index (χ1) is 12.5. The molecule has 2 amide bonds. The van der Waals surface area contributed by atoms with Gasteiger partial charge in [0.1, 0.15) is 11.4 Å². The van der Waals surface area contributed by atoms with E-state index in [1.165, 1.54) is 11.8 Å². The number of hydrogen-bond acceptors (Lipinski definition) is 6. The number of β-lactam (4-membered cyclic amide) rings is 1. The van der Waals surface area contributed by atoms with E-state index in [-0.39, 0.29) is 74.3 Å². The summed E-state index contributed by atoms with van der Waals surface area (Å²) in [6, 6.07) is 6.43. The van der Waals surface area contributed by atoms with Gasteiger partial charge in [-0.15, -0.1) is 11.8 Å². The van der Waals surface area contributed by atoms with E-state index < -0.39 is 29.9 Å². The van der Waals surface area contributed by atoms with Crippen molar-refractivity contribution in [1.29, 1.82) is 0 Å². The van der Waals surface area contributed by atoms with Crippen molar-refractivity contribution >= 4 is 29.5 Å². The molecule has 27 heavy (non-hydrogen) atoms. The van der Waals surface area contributed by atoms with E-state index >= 15 is 0 Å². The van der Waals surface area contributed by atoms with E-state index in [4.69, 9.17) is 0 Å². The molecule has 0 spiro atoms. The third-order valence-corrected chi connectivity index (χ3v) is 5.79. The summed E-state index contributed by atoms with van der Waals surface area (Å²) in [6.45, 7) is 1.60. The van der Waals surface area contributed by atoms with Crippen molar-refractivity contribution < 1.29 is 76.0 Å². The number of rotatable bonds is 6. The summed E-state index contributed by atoms with van der Waals surface area (Å²) in [6.07, 6.45) is 1.82. The Hall–Kier alpha value is -0.684. The van der Waals surface area contributed by atoms with Crippen LogP contribution in [-0.2, 0) is 16.0 Å². The van der Waals surface area contributed by atoms with Crippen LogP contribution in [0.15, 0.2) is 35.5 Å². The molecule has 1 aromatic carbocycles. The standard InChI is InChI=1S/C18H20N2O5S.K/c1-2-4-10-5-3-6-11(7-10)15(22)19-13-16(23)20-14(18(24)25)12(8-21)9-26-17(13)20;/h3,5-7,13,17,21H,2,4,8-9H2,1H3,(H,19,22)(H,24,25);/q;+1/p-1/t13?,17-;/m1./s1. The topological polar surface area (TPSA) is 110 Å². The van der Waals surface area contributed by atoms with Gasteiger partial charge in [0.05, 0.1) is 18.3 Å². The molecule has 2 aliphatic rings. The van der Waals surface area contributed by atoms with E-state index in [9.17, 15) is 24.6 Å². The molecule has 138 valence electrons. The van der Waals surface area contributed by atoms with Crippen molar-refractivity contribution in [2.75, 3.05) is 12.4 Å². The molecule has 9 heteroatoms. The summed E-state index contributed by atoms with van der Waals surface area (Å²) in [5.74, 6) is -2.10. The summed E-state index contributed by atoms with van der Waals surface area (Å²) in [5, 5.41) is 22.8. The molecule has 3 rings (SSSR count). The second-order valence-electron chi connectivity index (χ2n) is 6.21. The molecule has 2 atom stereocenters. The molecule has 1 saturated heterocycles. The zero-order valence-corrected chi connectivity index (χ0v) is 19.2. The molecule has 7 nitrogen and oxygen atoms in total. The van der Waals surface area contributed by atoms with Gasteiger partial charge in [-0.2, -0.15) is 0 Å². The van der Waals surface area contributed by atoms with Gasteiger partial charge in [0.25, 0.3) is 11.8 Å². The van der Waals surface area contributed by atoms with Gasteiger partial charge in [-0.25, -0.2) is 0 Å². The fraction of sp³-hybridized carbons (Fsp3) is 0.389. The first-order valence-electron chi connectivity index (χ1n) is 8.36. The Kier molecular flexibility index (Phi) is 8.11. The van der Waals surface area contributed by atoms with Crippen LogP contribution in [0.3, 0.4) is 0 Å². The third kappa shape index (κ3) is 4.50. The molecule has 1 unspecified atom stereocenters. The Labute approximate surface area is 204 Å². The van der Waals surface area contributed by atoms with Crippen molar-refractivity contribution in [2.24, 2.45) is 0 Å². The molecule has 0 bridgehead atoms. The van der Waals surface area contributed by atoms with E-state index in [2.05, 4.69) is 12.2 Å². The summed E-state index contributed by atoms with van der Waals surface area (Å²) in [4.78, 5) is 37.3. The maximum Gasteiger partial charge on any atom is 1.00 e. The molecular weight excluding hydrogens is 395 g/mol. The smallest absolute Gasteiger partial charge is 0.543 e. The van der Waals surface area contributed by atoms with Gasteiger partial charge in [-0.05, 0) is 29.7 Å². The van der Waals surface area contributed by atoms with Crippen LogP contribution in [0.5, 0.6) is 0 Å². The molecule has 0 radical (unpaired) electrons. The number of thioether (sulfide) groups is 1. The van der Waals surface area contributed by atoms with Crippen molar-refractivity contribution in [3.05, 3.63) is 46.7 Å². The fourth-order valence-electron chi connectivity index (χ4n) is 3.17. The molecule has 2 N–H and O–H groups in total.